The molecule has 0 aromatic carbocycles. The van der Waals surface area contributed by atoms with Gasteiger partial charge in [0.25, 0.3) is 5.56 Å². The molecule has 9 heteroatoms. The Morgan fingerprint density at radius 2 is 2.03 bits per heavy atom. The van der Waals surface area contributed by atoms with Gasteiger partial charge in [0.15, 0.2) is 0 Å². The maximum absolute atomic E-state index is 12.9. The SMILES string of the molecule is CC[C@H]1CN(C(C)c2ccc3c(n2)CCO3)[C@H](CC)CN1c1cc(=O)n(C)c2cn(CC#N)nc12. The highest BCUT2D eigenvalue weighted by Crippen LogP contribution is 2.35. The third kappa shape index (κ3) is 4.06. The minimum Gasteiger partial charge on any atom is -0.491 e. The van der Waals surface area contributed by atoms with E-state index in [4.69, 9.17) is 20.1 Å². The van der Waals surface area contributed by atoms with E-state index in [-0.39, 0.29) is 24.2 Å². The summed E-state index contributed by atoms with van der Waals surface area (Å²) in [5.74, 6) is 0.912. The van der Waals surface area contributed by atoms with Crippen LogP contribution in [0.2, 0.25) is 0 Å². The molecule has 9 nitrogen and oxygen atoms in total. The smallest absolute Gasteiger partial charge is 0.252 e. The standard InChI is InChI=1S/C26H33N7O2/c1-5-18-15-33(22-13-25(34)30(4)23-16-31(11-10-27)29-26(22)23)19(6-2)14-32(18)17(3)20-7-8-24-21(28-20)9-12-35-24/h7-8,13,16-19H,5-6,9,11-12,14-15H2,1-4H3/t17?,18-,19+/m1/s1. The van der Waals surface area contributed by atoms with Crippen LogP contribution < -0.4 is 15.2 Å². The van der Waals surface area contributed by atoms with Crippen LogP contribution in [0.1, 0.15) is 51.0 Å². The fourth-order valence-electron chi connectivity index (χ4n) is 5.54. The third-order valence-electron chi connectivity index (χ3n) is 7.64. The first-order chi connectivity index (χ1) is 16.9. The van der Waals surface area contributed by atoms with Crippen LogP contribution >= 0.6 is 0 Å². The fraction of sp³-hybridized carbons (Fsp3) is 0.538. The molecule has 0 spiro atoms. The fourth-order valence-corrected chi connectivity index (χ4v) is 5.54. The Morgan fingerprint density at radius 3 is 2.77 bits per heavy atom. The second-order valence-corrected chi connectivity index (χ2v) is 9.57. The molecule has 35 heavy (non-hydrogen) atoms. The van der Waals surface area contributed by atoms with Crippen molar-refractivity contribution in [2.75, 3.05) is 24.6 Å². The summed E-state index contributed by atoms with van der Waals surface area (Å²) >= 11 is 0. The summed E-state index contributed by atoms with van der Waals surface area (Å²) in [4.78, 5) is 22.8. The zero-order chi connectivity index (χ0) is 24.7. The van der Waals surface area contributed by atoms with E-state index in [1.165, 1.54) is 0 Å². The molecule has 2 aliphatic heterocycles. The molecule has 5 heterocycles. The average Bonchev–Trinajstić information content (AvgIpc) is 3.52. The Hall–Kier alpha value is -3.38. The van der Waals surface area contributed by atoms with Gasteiger partial charge in [-0.05, 0) is 31.9 Å². The Balaban J connectivity index is 1.49. The average molecular weight is 476 g/mol. The number of fused-ring (bicyclic) bond motifs is 2. The Morgan fingerprint density at radius 1 is 1.23 bits per heavy atom. The lowest BCUT2D eigenvalue weighted by Gasteiger charge is -2.49. The Bertz CT molecular complexity index is 1340. The van der Waals surface area contributed by atoms with Crippen LogP contribution in [0.25, 0.3) is 11.0 Å². The normalized spacial score (nSPS) is 21.1. The zero-order valence-electron chi connectivity index (χ0n) is 20.9. The van der Waals surface area contributed by atoms with Crippen molar-refractivity contribution >= 4 is 16.7 Å². The van der Waals surface area contributed by atoms with Crippen molar-refractivity contribution in [1.29, 1.82) is 5.26 Å². The summed E-state index contributed by atoms with van der Waals surface area (Å²) in [6.07, 6.45) is 4.60. The number of ether oxygens (including phenoxy) is 1. The van der Waals surface area contributed by atoms with Gasteiger partial charge in [-0.15, -0.1) is 0 Å². The topological polar surface area (TPSA) is 92.2 Å². The highest BCUT2D eigenvalue weighted by molar-refractivity contribution is 5.88. The molecule has 0 radical (unpaired) electrons. The predicted molar refractivity (Wildman–Crippen MR) is 135 cm³/mol. The van der Waals surface area contributed by atoms with Crippen LogP contribution in [-0.4, -0.2) is 56.0 Å². The Kier molecular flexibility index (Phi) is 6.24. The van der Waals surface area contributed by atoms with Crippen molar-refractivity contribution in [2.45, 2.75) is 64.7 Å². The van der Waals surface area contributed by atoms with Gasteiger partial charge in [-0.2, -0.15) is 10.4 Å². The molecule has 0 N–H and O–H groups in total. The highest BCUT2D eigenvalue weighted by atomic mass is 16.5. The third-order valence-corrected chi connectivity index (χ3v) is 7.64. The lowest BCUT2D eigenvalue weighted by molar-refractivity contribution is 0.0991. The van der Waals surface area contributed by atoms with E-state index in [2.05, 4.69) is 48.8 Å². The van der Waals surface area contributed by atoms with Gasteiger partial charge in [0.2, 0.25) is 0 Å². The summed E-state index contributed by atoms with van der Waals surface area (Å²) < 4.78 is 8.88. The molecular weight excluding hydrogens is 442 g/mol. The van der Waals surface area contributed by atoms with Crippen LogP contribution in [0.5, 0.6) is 5.75 Å². The number of hydrogen-bond donors (Lipinski definition) is 0. The number of anilines is 1. The molecule has 3 atom stereocenters. The Labute approximate surface area is 205 Å². The quantitative estimate of drug-likeness (QED) is 0.541. The van der Waals surface area contributed by atoms with Crippen molar-refractivity contribution < 1.29 is 4.74 Å². The molecule has 3 aromatic heterocycles. The zero-order valence-corrected chi connectivity index (χ0v) is 20.9. The number of pyridine rings is 2. The summed E-state index contributed by atoms with van der Waals surface area (Å²) in [6.45, 7) is 9.21. The van der Waals surface area contributed by atoms with E-state index in [1.54, 1.807) is 28.6 Å². The summed E-state index contributed by atoms with van der Waals surface area (Å²) in [7, 11) is 1.76. The first-order valence-electron chi connectivity index (χ1n) is 12.5. The molecule has 1 unspecified atom stereocenters. The van der Waals surface area contributed by atoms with Crippen LogP contribution in [-0.2, 0) is 20.0 Å². The van der Waals surface area contributed by atoms with Crippen molar-refractivity contribution in [3.63, 3.8) is 0 Å². The first kappa shape index (κ1) is 23.4. The van der Waals surface area contributed by atoms with Gasteiger partial charge in [-0.3, -0.25) is 19.4 Å². The summed E-state index contributed by atoms with van der Waals surface area (Å²) in [5.41, 5.74) is 4.48. The van der Waals surface area contributed by atoms with E-state index < -0.39 is 0 Å². The molecule has 0 bridgehead atoms. The molecule has 184 valence electrons. The van der Waals surface area contributed by atoms with Gasteiger partial charge >= 0.3 is 0 Å². The number of nitriles is 1. The van der Waals surface area contributed by atoms with Gasteiger partial charge in [0, 0.05) is 50.7 Å². The molecule has 2 aliphatic rings. The van der Waals surface area contributed by atoms with E-state index in [1.807, 2.05) is 0 Å². The van der Waals surface area contributed by atoms with E-state index in [0.29, 0.717) is 12.6 Å². The van der Waals surface area contributed by atoms with Crippen LogP contribution in [0.4, 0.5) is 5.69 Å². The van der Waals surface area contributed by atoms with Crippen molar-refractivity contribution in [3.05, 3.63) is 46.1 Å². The molecule has 3 aromatic rings. The van der Waals surface area contributed by atoms with Crippen LogP contribution in [0, 0.1) is 11.3 Å². The maximum Gasteiger partial charge on any atom is 0.252 e. The number of piperazine rings is 1. The van der Waals surface area contributed by atoms with Crippen LogP contribution in [0.3, 0.4) is 0 Å². The van der Waals surface area contributed by atoms with Crippen molar-refractivity contribution in [3.8, 4) is 11.8 Å². The molecule has 0 amide bonds. The van der Waals surface area contributed by atoms with Crippen LogP contribution in [0.15, 0.2) is 29.2 Å². The minimum atomic E-state index is -0.0627. The van der Waals surface area contributed by atoms with Gasteiger partial charge in [-0.25, -0.2) is 0 Å². The summed E-state index contributed by atoms with van der Waals surface area (Å²) in [6, 6.07) is 8.73. The largest absolute Gasteiger partial charge is 0.491 e. The molecular formula is C26H33N7O2. The second kappa shape index (κ2) is 9.34. The van der Waals surface area contributed by atoms with Gasteiger partial charge in [0.05, 0.1) is 41.5 Å². The van der Waals surface area contributed by atoms with Gasteiger partial charge in [-0.1, -0.05) is 13.8 Å². The maximum atomic E-state index is 12.9. The number of aromatic nitrogens is 4. The number of aryl methyl sites for hydroxylation is 1. The second-order valence-electron chi connectivity index (χ2n) is 9.57. The number of nitrogens with zero attached hydrogens (tertiary/aromatic N) is 7. The van der Waals surface area contributed by atoms with Gasteiger partial charge < -0.3 is 14.2 Å². The van der Waals surface area contributed by atoms with E-state index in [9.17, 15) is 4.79 Å². The minimum absolute atomic E-state index is 0.0627. The predicted octanol–water partition coefficient (Wildman–Crippen LogP) is 3.03. The lowest BCUT2D eigenvalue weighted by Crippen LogP contribution is -2.59. The molecule has 1 saturated heterocycles. The number of rotatable bonds is 6. The first-order valence-corrected chi connectivity index (χ1v) is 12.5. The lowest BCUT2D eigenvalue weighted by atomic mass is 9.98. The van der Waals surface area contributed by atoms with E-state index in [0.717, 1.165) is 66.2 Å². The van der Waals surface area contributed by atoms with Crippen molar-refractivity contribution in [1.82, 2.24) is 24.2 Å². The van der Waals surface area contributed by atoms with E-state index >= 15 is 0 Å². The van der Waals surface area contributed by atoms with Gasteiger partial charge in [0.1, 0.15) is 17.8 Å². The summed E-state index contributed by atoms with van der Waals surface area (Å²) in [5, 5.41) is 13.8. The van der Waals surface area contributed by atoms with Crippen molar-refractivity contribution in [2.24, 2.45) is 7.05 Å². The highest BCUT2D eigenvalue weighted by Gasteiger charge is 2.37. The molecule has 0 saturated carbocycles. The monoisotopic (exact) mass is 475 g/mol. The number of hydrogen-bond acceptors (Lipinski definition) is 7. The molecule has 1 fully saturated rings. The molecule has 5 rings (SSSR count). The molecule has 0 aliphatic carbocycles.